The first-order chi connectivity index (χ1) is 10.2. The number of hydrogen-bond acceptors (Lipinski definition) is 3. The van der Waals surface area contributed by atoms with Gasteiger partial charge in [-0.05, 0) is 43.3 Å². The van der Waals surface area contributed by atoms with E-state index in [0.717, 1.165) is 5.69 Å². The summed E-state index contributed by atoms with van der Waals surface area (Å²) in [5, 5.41) is 7.67. The molecule has 0 amide bonds. The van der Waals surface area contributed by atoms with Gasteiger partial charge in [-0.15, -0.1) is 0 Å². The second-order valence-electron chi connectivity index (χ2n) is 5.40. The van der Waals surface area contributed by atoms with Crippen LogP contribution in [-0.4, -0.2) is 21.1 Å². The van der Waals surface area contributed by atoms with E-state index in [1.165, 1.54) is 38.4 Å². The molecule has 0 bridgehead atoms. The van der Waals surface area contributed by atoms with Crippen molar-refractivity contribution in [1.82, 2.24) is 15.3 Å². The van der Waals surface area contributed by atoms with Crippen molar-refractivity contribution in [3.8, 4) is 0 Å². The third-order valence-electron chi connectivity index (χ3n) is 3.84. The van der Waals surface area contributed by atoms with Crippen LogP contribution in [0.5, 0.6) is 0 Å². The van der Waals surface area contributed by atoms with Gasteiger partial charge in [0.05, 0.1) is 17.2 Å². The Morgan fingerprint density at radius 1 is 1.29 bits per heavy atom. The van der Waals surface area contributed by atoms with Crippen LogP contribution in [0.15, 0.2) is 29.3 Å². The van der Waals surface area contributed by atoms with Gasteiger partial charge in [-0.25, -0.2) is 4.98 Å². The number of H-pyrrole nitrogens is 1. The second-order valence-corrected chi connectivity index (χ2v) is 5.81. The number of hydrogen-bond donors (Lipinski definition) is 3. The van der Waals surface area contributed by atoms with E-state index in [4.69, 9.17) is 12.2 Å². The third-order valence-corrected chi connectivity index (χ3v) is 4.06. The predicted molar refractivity (Wildman–Crippen MR) is 88.6 cm³/mol. The Morgan fingerprint density at radius 2 is 2.10 bits per heavy atom. The molecule has 1 aliphatic rings. The highest BCUT2D eigenvalue weighted by Gasteiger charge is 2.14. The Morgan fingerprint density at radius 3 is 2.90 bits per heavy atom. The Hall–Kier alpha value is -1.95. The van der Waals surface area contributed by atoms with Crippen molar-refractivity contribution in [3.05, 3.63) is 34.9 Å². The largest absolute Gasteiger partial charge is 0.360 e. The molecule has 1 saturated carbocycles. The van der Waals surface area contributed by atoms with Crippen molar-refractivity contribution in [2.45, 2.75) is 38.1 Å². The van der Waals surface area contributed by atoms with Crippen LogP contribution in [0, 0.1) is 0 Å². The van der Waals surface area contributed by atoms with Crippen molar-refractivity contribution < 1.29 is 0 Å². The highest BCUT2D eigenvalue weighted by Crippen LogP contribution is 2.18. The highest BCUT2D eigenvalue weighted by molar-refractivity contribution is 7.80. The van der Waals surface area contributed by atoms with E-state index >= 15 is 0 Å². The molecule has 1 heterocycles. The van der Waals surface area contributed by atoms with Gasteiger partial charge in [0.2, 0.25) is 0 Å². The third kappa shape index (κ3) is 3.39. The van der Waals surface area contributed by atoms with Crippen LogP contribution in [0.25, 0.3) is 10.9 Å². The molecule has 1 fully saturated rings. The average Bonchev–Trinajstić information content (AvgIpc) is 2.49. The minimum absolute atomic E-state index is 0.144. The normalized spacial score (nSPS) is 15.8. The molecule has 3 rings (SSSR count). The van der Waals surface area contributed by atoms with Crippen LogP contribution in [0.2, 0.25) is 0 Å². The first-order valence-corrected chi connectivity index (χ1v) is 7.68. The Bertz CT molecular complexity index is 706. The maximum absolute atomic E-state index is 11.8. The predicted octanol–water partition coefficient (Wildman–Crippen LogP) is 2.54. The van der Waals surface area contributed by atoms with Gasteiger partial charge in [0.25, 0.3) is 5.56 Å². The molecule has 1 aromatic carbocycles. The monoisotopic (exact) mass is 302 g/mol. The first-order valence-electron chi connectivity index (χ1n) is 7.27. The van der Waals surface area contributed by atoms with Crippen molar-refractivity contribution in [3.63, 3.8) is 0 Å². The number of aromatic amines is 1. The number of nitrogens with one attached hydrogen (secondary N) is 3. The van der Waals surface area contributed by atoms with Crippen molar-refractivity contribution in [2.24, 2.45) is 0 Å². The van der Waals surface area contributed by atoms with Gasteiger partial charge < -0.3 is 15.6 Å². The van der Waals surface area contributed by atoms with Crippen LogP contribution in [0.3, 0.4) is 0 Å². The summed E-state index contributed by atoms with van der Waals surface area (Å²) in [5.41, 5.74) is 1.33. The van der Waals surface area contributed by atoms with E-state index in [2.05, 4.69) is 20.6 Å². The zero-order valence-electron chi connectivity index (χ0n) is 11.7. The fraction of sp³-hybridized carbons (Fsp3) is 0.400. The van der Waals surface area contributed by atoms with Crippen molar-refractivity contribution >= 4 is 33.9 Å². The lowest BCUT2D eigenvalue weighted by molar-refractivity contribution is 0.415. The summed E-state index contributed by atoms with van der Waals surface area (Å²) in [7, 11) is 0. The molecule has 0 unspecified atom stereocenters. The van der Waals surface area contributed by atoms with Gasteiger partial charge in [-0.1, -0.05) is 19.3 Å². The summed E-state index contributed by atoms with van der Waals surface area (Å²) in [4.78, 5) is 18.5. The molecular formula is C15H18N4OS. The number of anilines is 1. The van der Waals surface area contributed by atoms with E-state index in [0.29, 0.717) is 22.1 Å². The molecule has 6 heteroatoms. The van der Waals surface area contributed by atoms with Gasteiger partial charge in [-0.3, -0.25) is 4.79 Å². The summed E-state index contributed by atoms with van der Waals surface area (Å²) in [5.74, 6) is 0. The quantitative estimate of drug-likeness (QED) is 0.744. The molecule has 1 aromatic heterocycles. The molecule has 0 aliphatic heterocycles. The number of fused-ring (bicyclic) bond motifs is 1. The van der Waals surface area contributed by atoms with Gasteiger partial charge in [0.15, 0.2) is 5.11 Å². The van der Waals surface area contributed by atoms with E-state index in [9.17, 15) is 4.79 Å². The summed E-state index contributed by atoms with van der Waals surface area (Å²) < 4.78 is 0. The number of nitrogens with zero attached hydrogens (tertiary/aromatic N) is 1. The van der Waals surface area contributed by atoms with E-state index in [-0.39, 0.29) is 5.56 Å². The molecule has 0 saturated heterocycles. The number of aromatic nitrogens is 2. The molecule has 2 aromatic rings. The van der Waals surface area contributed by atoms with Gasteiger partial charge in [0, 0.05) is 11.7 Å². The van der Waals surface area contributed by atoms with Crippen LogP contribution in [-0.2, 0) is 0 Å². The summed E-state index contributed by atoms with van der Waals surface area (Å²) in [6, 6.07) is 5.93. The minimum atomic E-state index is -0.144. The van der Waals surface area contributed by atoms with Crippen LogP contribution < -0.4 is 16.2 Å². The number of thiocarbonyl (C=S) groups is 1. The summed E-state index contributed by atoms with van der Waals surface area (Å²) in [6.45, 7) is 0. The molecule has 1 aliphatic carbocycles. The first kappa shape index (κ1) is 14.0. The van der Waals surface area contributed by atoms with Crippen LogP contribution in [0.1, 0.15) is 32.1 Å². The molecule has 21 heavy (non-hydrogen) atoms. The van der Waals surface area contributed by atoms with Gasteiger partial charge >= 0.3 is 0 Å². The Balaban J connectivity index is 1.70. The molecule has 0 atom stereocenters. The molecule has 110 valence electrons. The number of rotatable bonds is 2. The standard InChI is InChI=1S/C15H18N4OS/c20-14-12-8-11(6-7-13(12)16-9-17-14)19-15(21)18-10-4-2-1-3-5-10/h6-10H,1-5H2,(H,16,17,20)(H2,18,19,21). The topological polar surface area (TPSA) is 69.8 Å². The van der Waals surface area contributed by atoms with Crippen molar-refractivity contribution in [1.29, 1.82) is 0 Å². The highest BCUT2D eigenvalue weighted by atomic mass is 32.1. The lowest BCUT2D eigenvalue weighted by Crippen LogP contribution is -2.38. The molecule has 0 radical (unpaired) electrons. The fourth-order valence-corrected chi connectivity index (χ4v) is 3.03. The van der Waals surface area contributed by atoms with Gasteiger partial charge in [0.1, 0.15) is 0 Å². The second kappa shape index (κ2) is 6.22. The molecule has 5 nitrogen and oxygen atoms in total. The van der Waals surface area contributed by atoms with Crippen LogP contribution >= 0.6 is 12.2 Å². The zero-order chi connectivity index (χ0) is 14.7. The maximum atomic E-state index is 11.8. The molecule has 3 N–H and O–H groups in total. The average molecular weight is 302 g/mol. The SMILES string of the molecule is O=c1[nH]cnc2ccc(NC(=S)NC3CCCCC3)cc12. The van der Waals surface area contributed by atoms with E-state index in [1.54, 1.807) is 6.07 Å². The Labute approximate surface area is 128 Å². The van der Waals surface area contributed by atoms with E-state index < -0.39 is 0 Å². The lowest BCUT2D eigenvalue weighted by atomic mass is 9.96. The Kier molecular flexibility index (Phi) is 4.15. The van der Waals surface area contributed by atoms with Crippen molar-refractivity contribution in [2.75, 3.05) is 5.32 Å². The van der Waals surface area contributed by atoms with E-state index in [1.807, 2.05) is 12.1 Å². The van der Waals surface area contributed by atoms with Crippen LogP contribution in [0.4, 0.5) is 5.69 Å². The molecule has 0 spiro atoms. The zero-order valence-corrected chi connectivity index (χ0v) is 12.5. The number of benzene rings is 1. The maximum Gasteiger partial charge on any atom is 0.258 e. The summed E-state index contributed by atoms with van der Waals surface area (Å²) in [6.07, 6.45) is 7.59. The minimum Gasteiger partial charge on any atom is -0.360 e. The van der Waals surface area contributed by atoms with Gasteiger partial charge in [-0.2, -0.15) is 0 Å². The lowest BCUT2D eigenvalue weighted by Gasteiger charge is -2.24. The molecular weight excluding hydrogens is 284 g/mol. The summed E-state index contributed by atoms with van der Waals surface area (Å²) >= 11 is 5.35. The fourth-order valence-electron chi connectivity index (χ4n) is 2.75. The smallest absolute Gasteiger partial charge is 0.258 e.